The molecule has 0 spiro atoms. The van der Waals surface area contributed by atoms with Crippen molar-refractivity contribution in [2.24, 2.45) is 11.8 Å². The van der Waals surface area contributed by atoms with Gasteiger partial charge in [-0.1, -0.05) is 43.5 Å². The Kier molecular flexibility index (Phi) is 4.90. The van der Waals surface area contributed by atoms with Crippen LogP contribution >= 0.6 is 11.6 Å². The summed E-state index contributed by atoms with van der Waals surface area (Å²) >= 11 is 6.18. The van der Waals surface area contributed by atoms with E-state index in [0.29, 0.717) is 23.2 Å². The van der Waals surface area contributed by atoms with Gasteiger partial charge < -0.3 is 10.2 Å². The molecule has 1 aromatic carbocycles. The molecule has 0 aromatic heterocycles. The Morgan fingerprint density at radius 1 is 1.26 bits per heavy atom. The lowest BCUT2D eigenvalue weighted by molar-refractivity contribution is -0.127. The fourth-order valence-electron chi connectivity index (χ4n) is 3.62. The molecule has 2 fully saturated rings. The lowest BCUT2D eigenvalue weighted by Crippen LogP contribution is -2.44. The molecule has 3 atom stereocenters. The highest BCUT2D eigenvalue weighted by Crippen LogP contribution is 2.31. The lowest BCUT2D eigenvalue weighted by atomic mass is 9.85. The monoisotopic (exact) mass is 334 g/mol. The maximum Gasteiger partial charge on any atom is 0.227 e. The number of nitrogens with one attached hydrogen (secondary N) is 1. The molecule has 0 radical (unpaired) electrons. The first-order valence-electron chi connectivity index (χ1n) is 8.41. The van der Waals surface area contributed by atoms with Crippen LogP contribution in [0.3, 0.4) is 0 Å². The molecule has 0 unspecified atom stereocenters. The van der Waals surface area contributed by atoms with E-state index in [1.807, 2.05) is 18.2 Å². The smallest absolute Gasteiger partial charge is 0.227 e. The van der Waals surface area contributed by atoms with Gasteiger partial charge in [0.1, 0.15) is 0 Å². The van der Waals surface area contributed by atoms with E-state index in [4.69, 9.17) is 11.6 Å². The minimum atomic E-state index is -0.284. The third-order valence-corrected chi connectivity index (χ3v) is 5.40. The van der Waals surface area contributed by atoms with Gasteiger partial charge in [-0.3, -0.25) is 9.59 Å². The summed E-state index contributed by atoms with van der Waals surface area (Å²) in [7, 11) is 0. The molecule has 1 saturated carbocycles. The van der Waals surface area contributed by atoms with Gasteiger partial charge in [0, 0.05) is 19.0 Å². The quantitative estimate of drug-likeness (QED) is 0.921. The van der Waals surface area contributed by atoms with Crippen molar-refractivity contribution in [1.82, 2.24) is 5.32 Å². The molecule has 23 heavy (non-hydrogen) atoms. The predicted octanol–water partition coefficient (Wildman–Crippen LogP) is 3.39. The van der Waals surface area contributed by atoms with Gasteiger partial charge >= 0.3 is 0 Å². The molecule has 0 bridgehead atoms. The van der Waals surface area contributed by atoms with Gasteiger partial charge in [0.25, 0.3) is 0 Å². The standard InChI is InChI=1S/C18H23ClN2O2/c1-12-6-2-4-8-15(12)20-18(23)13-10-17(22)21(11-13)16-9-5-3-7-14(16)19/h3,5,7,9,12-13,15H,2,4,6,8,10-11H2,1H3,(H,20,23)/t12-,13+,15+/m0/s1. The highest BCUT2D eigenvalue weighted by molar-refractivity contribution is 6.33. The molecule has 2 aliphatic rings. The van der Waals surface area contributed by atoms with Gasteiger partial charge in [-0.25, -0.2) is 0 Å². The first kappa shape index (κ1) is 16.3. The van der Waals surface area contributed by atoms with E-state index >= 15 is 0 Å². The van der Waals surface area contributed by atoms with Crippen molar-refractivity contribution in [3.05, 3.63) is 29.3 Å². The fraction of sp³-hybridized carbons (Fsp3) is 0.556. The third-order valence-electron chi connectivity index (χ3n) is 5.08. The molecule has 124 valence electrons. The van der Waals surface area contributed by atoms with E-state index in [-0.39, 0.29) is 30.2 Å². The molecular weight excluding hydrogens is 312 g/mol. The number of hydrogen-bond donors (Lipinski definition) is 1. The van der Waals surface area contributed by atoms with Gasteiger partial charge in [0.15, 0.2) is 0 Å². The first-order valence-corrected chi connectivity index (χ1v) is 8.79. The van der Waals surface area contributed by atoms with Crippen LogP contribution in [0.1, 0.15) is 39.0 Å². The van der Waals surface area contributed by atoms with Crippen molar-refractivity contribution in [1.29, 1.82) is 0 Å². The van der Waals surface area contributed by atoms with Crippen LogP contribution in [0, 0.1) is 11.8 Å². The van der Waals surface area contributed by atoms with E-state index < -0.39 is 0 Å². The highest BCUT2D eigenvalue weighted by atomic mass is 35.5. The number of halogens is 1. The van der Waals surface area contributed by atoms with Crippen LogP contribution in [0.25, 0.3) is 0 Å². The van der Waals surface area contributed by atoms with Crippen LogP contribution in [0.2, 0.25) is 5.02 Å². The largest absolute Gasteiger partial charge is 0.353 e. The van der Waals surface area contributed by atoms with Crippen molar-refractivity contribution < 1.29 is 9.59 Å². The van der Waals surface area contributed by atoms with Gasteiger partial charge in [-0.15, -0.1) is 0 Å². The van der Waals surface area contributed by atoms with Crippen molar-refractivity contribution in [2.75, 3.05) is 11.4 Å². The number of carbonyl (C=O) groups is 2. The van der Waals surface area contributed by atoms with Crippen LogP contribution in [0.5, 0.6) is 0 Å². The maximum absolute atomic E-state index is 12.5. The number of hydrogen-bond acceptors (Lipinski definition) is 2. The molecule has 4 nitrogen and oxygen atoms in total. The number of carbonyl (C=O) groups excluding carboxylic acids is 2. The van der Waals surface area contributed by atoms with Crippen LogP contribution in [0.15, 0.2) is 24.3 Å². The molecule has 1 saturated heterocycles. The molecule has 3 rings (SSSR count). The first-order chi connectivity index (χ1) is 11.1. The molecule has 1 N–H and O–H groups in total. The Bertz CT molecular complexity index is 604. The van der Waals surface area contributed by atoms with Crippen molar-refractivity contribution in [2.45, 2.75) is 45.1 Å². The maximum atomic E-state index is 12.5. The third kappa shape index (κ3) is 3.52. The number of nitrogens with zero attached hydrogens (tertiary/aromatic N) is 1. The summed E-state index contributed by atoms with van der Waals surface area (Å²) in [6, 6.07) is 7.53. The van der Waals surface area contributed by atoms with Gasteiger partial charge in [0.05, 0.1) is 16.6 Å². The summed E-state index contributed by atoms with van der Waals surface area (Å²) in [6.07, 6.45) is 4.89. The second kappa shape index (κ2) is 6.91. The zero-order chi connectivity index (χ0) is 16.4. The van der Waals surface area contributed by atoms with E-state index in [9.17, 15) is 9.59 Å². The Hall–Kier alpha value is -1.55. The van der Waals surface area contributed by atoms with Gasteiger partial charge in [-0.05, 0) is 30.9 Å². The molecule has 5 heteroatoms. The van der Waals surface area contributed by atoms with E-state index in [1.54, 1.807) is 11.0 Å². The average molecular weight is 335 g/mol. The van der Waals surface area contributed by atoms with Crippen LogP contribution in [-0.4, -0.2) is 24.4 Å². The van der Waals surface area contributed by atoms with E-state index in [0.717, 1.165) is 6.42 Å². The van der Waals surface area contributed by atoms with E-state index in [1.165, 1.54) is 19.3 Å². The molecule has 1 aliphatic carbocycles. The van der Waals surface area contributed by atoms with Crippen molar-refractivity contribution >= 4 is 29.1 Å². The Balaban J connectivity index is 1.65. The average Bonchev–Trinajstić information content (AvgIpc) is 2.92. The normalized spacial score (nSPS) is 28.0. The number of rotatable bonds is 3. The zero-order valence-corrected chi connectivity index (χ0v) is 14.2. The van der Waals surface area contributed by atoms with Gasteiger partial charge in [0.2, 0.25) is 11.8 Å². The predicted molar refractivity (Wildman–Crippen MR) is 91.5 cm³/mol. The lowest BCUT2D eigenvalue weighted by Gasteiger charge is -2.30. The fourth-order valence-corrected chi connectivity index (χ4v) is 3.86. The number of anilines is 1. The minimum Gasteiger partial charge on any atom is -0.353 e. The summed E-state index contributed by atoms with van der Waals surface area (Å²) in [6.45, 7) is 2.61. The van der Waals surface area contributed by atoms with Gasteiger partial charge in [-0.2, -0.15) is 0 Å². The second-order valence-corrected chi connectivity index (χ2v) is 7.14. The number of para-hydroxylation sites is 1. The summed E-state index contributed by atoms with van der Waals surface area (Å²) in [5.74, 6) is 0.207. The number of amides is 2. The second-order valence-electron chi connectivity index (χ2n) is 6.73. The Labute approximate surface area is 142 Å². The molecule has 1 heterocycles. The van der Waals surface area contributed by atoms with Crippen molar-refractivity contribution in [3.8, 4) is 0 Å². The Morgan fingerprint density at radius 2 is 2.00 bits per heavy atom. The summed E-state index contributed by atoms with van der Waals surface area (Å²) in [5, 5.41) is 3.71. The SMILES string of the molecule is C[C@H]1CCCC[C@H]1NC(=O)[C@@H]1CC(=O)N(c2ccccc2Cl)C1. The van der Waals surface area contributed by atoms with Crippen LogP contribution in [-0.2, 0) is 9.59 Å². The number of benzene rings is 1. The molecular formula is C18H23ClN2O2. The zero-order valence-electron chi connectivity index (χ0n) is 13.4. The molecule has 1 aromatic rings. The van der Waals surface area contributed by atoms with E-state index in [2.05, 4.69) is 12.2 Å². The molecule has 1 aliphatic heterocycles. The topological polar surface area (TPSA) is 49.4 Å². The Morgan fingerprint density at radius 3 is 2.74 bits per heavy atom. The van der Waals surface area contributed by atoms with Crippen molar-refractivity contribution in [3.63, 3.8) is 0 Å². The van der Waals surface area contributed by atoms with Crippen LogP contribution in [0.4, 0.5) is 5.69 Å². The minimum absolute atomic E-state index is 0.00616. The summed E-state index contributed by atoms with van der Waals surface area (Å²) < 4.78 is 0. The summed E-state index contributed by atoms with van der Waals surface area (Å²) in [4.78, 5) is 26.5. The molecule has 2 amide bonds. The van der Waals surface area contributed by atoms with Crippen LogP contribution < -0.4 is 10.2 Å². The highest BCUT2D eigenvalue weighted by Gasteiger charge is 2.37. The summed E-state index contributed by atoms with van der Waals surface area (Å²) in [5.41, 5.74) is 0.695.